The number of nitrogens with one attached hydrogen (secondary N) is 1. The maximum Gasteiger partial charge on any atom is 0.280 e. The summed E-state index contributed by atoms with van der Waals surface area (Å²) in [5, 5.41) is 24.8. The fourth-order valence-corrected chi connectivity index (χ4v) is 5.44. The van der Waals surface area contributed by atoms with Crippen LogP contribution in [-0.2, 0) is 19.5 Å². The van der Waals surface area contributed by atoms with Crippen molar-refractivity contribution in [2.45, 2.75) is 29.1 Å². The molecular formula is C21H22N4O7S2. The van der Waals surface area contributed by atoms with Gasteiger partial charge in [-0.05, 0) is 31.0 Å². The first kappa shape index (κ1) is 24.0. The maximum atomic E-state index is 13.0. The lowest BCUT2D eigenvalue weighted by Crippen LogP contribution is -2.25. The van der Waals surface area contributed by atoms with E-state index < -0.39 is 28.5 Å². The minimum absolute atomic E-state index is 0.162. The highest BCUT2D eigenvalue weighted by Gasteiger charge is 2.36. The summed E-state index contributed by atoms with van der Waals surface area (Å²) in [6, 6.07) is 9.12. The summed E-state index contributed by atoms with van der Waals surface area (Å²) in [5.74, 6) is -0.254. The molecule has 1 aromatic carbocycles. The molecule has 3 N–H and O–H groups in total. The van der Waals surface area contributed by atoms with Crippen LogP contribution in [0.3, 0.4) is 0 Å². The Morgan fingerprint density at radius 1 is 1.24 bits per heavy atom. The number of hydrogen-bond acceptors (Lipinski definition) is 11. The Balaban J connectivity index is 1.58. The number of methoxy groups -OCH3 is 1. The predicted octanol–water partition coefficient (Wildman–Crippen LogP) is 1.35. The molecule has 13 heteroatoms. The number of sulfone groups is 1. The lowest BCUT2D eigenvalue weighted by molar-refractivity contribution is -0.110. The van der Waals surface area contributed by atoms with Gasteiger partial charge >= 0.3 is 0 Å². The van der Waals surface area contributed by atoms with Crippen LogP contribution in [0.25, 0.3) is 10.3 Å². The number of carbonyl (C=O) groups excluding carboxylic acids is 1. The van der Waals surface area contributed by atoms with Crippen LogP contribution >= 0.6 is 11.3 Å². The van der Waals surface area contributed by atoms with Gasteiger partial charge in [-0.25, -0.2) is 18.4 Å². The van der Waals surface area contributed by atoms with Crippen LogP contribution in [0.15, 0.2) is 46.4 Å². The Morgan fingerprint density at radius 3 is 2.62 bits per heavy atom. The zero-order chi connectivity index (χ0) is 24.3. The van der Waals surface area contributed by atoms with Gasteiger partial charge in [-0.2, -0.15) is 0 Å². The molecule has 11 nitrogen and oxygen atoms in total. The van der Waals surface area contributed by atoms with Gasteiger partial charge in [-0.1, -0.05) is 28.6 Å². The molecule has 0 bridgehead atoms. The number of aliphatic hydroxyl groups is 2. The second-order valence-corrected chi connectivity index (χ2v) is 10.7. The number of rotatable bonds is 10. The number of pyridine rings is 1. The fourth-order valence-electron chi connectivity index (χ4n) is 2.96. The number of nitrogens with zero attached hydrogens (tertiary/aromatic N) is 3. The van der Waals surface area contributed by atoms with Crippen molar-refractivity contribution in [3.05, 3.63) is 42.0 Å². The van der Waals surface area contributed by atoms with Gasteiger partial charge in [0.2, 0.25) is 5.88 Å². The standard InChI is InChI=1S/C21H22N4O7S2/c1-31-17-9-8-16-20(23-17)33-21(22-16)24-19(28)18(25-32-11-13(27)10-26)12-2-4-14(5-3-12)34(29,30)15-6-7-15/h2-5,8-9,13,15,26-27H,6-7,10-11H2,1H3,(H,22,24,28)/t13-/m0/s1. The predicted molar refractivity (Wildman–Crippen MR) is 125 cm³/mol. The van der Waals surface area contributed by atoms with E-state index in [4.69, 9.17) is 14.7 Å². The van der Waals surface area contributed by atoms with Crippen molar-refractivity contribution in [3.8, 4) is 5.88 Å². The Morgan fingerprint density at radius 2 is 1.97 bits per heavy atom. The molecule has 1 aliphatic carbocycles. The van der Waals surface area contributed by atoms with Crippen LogP contribution in [0, 0.1) is 0 Å². The molecule has 4 rings (SSSR count). The van der Waals surface area contributed by atoms with E-state index in [1.165, 1.54) is 31.4 Å². The summed E-state index contributed by atoms with van der Waals surface area (Å²) in [6.07, 6.45) is 0.108. The minimum Gasteiger partial charge on any atom is -0.481 e. The number of ether oxygens (including phenoxy) is 1. The largest absolute Gasteiger partial charge is 0.481 e. The molecule has 1 saturated carbocycles. The Hall–Kier alpha value is -3.13. The summed E-state index contributed by atoms with van der Waals surface area (Å²) in [4.78, 5) is 27.4. The first-order valence-corrected chi connectivity index (χ1v) is 12.6. The average molecular weight is 507 g/mol. The van der Waals surface area contributed by atoms with Gasteiger partial charge in [0.25, 0.3) is 5.91 Å². The van der Waals surface area contributed by atoms with Gasteiger partial charge in [0.15, 0.2) is 20.7 Å². The smallest absolute Gasteiger partial charge is 0.280 e. The van der Waals surface area contributed by atoms with Crippen LogP contribution in [0.2, 0.25) is 0 Å². The Bertz CT molecular complexity index is 1320. The first-order valence-electron chi connectivity index (χ1n) is 10.3. The summed E-state index contributed by atoms with van der Waals surface area (Å²) in [7, 11) is -1.89. The Kier molecular flexibility index (Phi) is 7.07. The number of aliphatic hydroxyl groups excluding tert-OH is 2. The SMILES string of the molecule is COc1ccc2nc(NC(=O)C(=NOC[C@@H](O)CO)c3ccc(S(=O)(=O)C4CC4)cc3)sc2n1. The van der Waals surface area contributed by atoms with Gasteiger partial charge in [-0.15, -0.1) is 0 Å². The zero-order valence-corrected chi connectivity index (χ0v) is 19.7. The van der Waals surface area contributed by atoms with Crippen molar-refractivity contribution in [2.75, 3.05) is 25.6 Å². The lowest BCUT2D eigenvalue weighted by atomic mass is 10.1. The van der Waals surface area contributed by atoms with Crippen molar-refractivity contribution < 1.29 is 33.0 Å². The Labute approximate surface area is 199 Å². The van der Waals surface area contributed by atoms with E-state index in [2.05, 4.69) is 20.4 Å². The van der Waals surface area contributed by atoms with Crippen molar-refractivity contribution in [1.29, 1.82) is 0 Å². The fraction of sp³-hybridized carbons (Fsp3) is 0.333. The number of amides is 1. The van der Waals surface area contributed by atoms with Crippen LogP contribution in [-0.4, -0.2) is 71.9 Å². The summed E-state index contributed by atoms with van der Waals surface area (Å²) >= 11 is 1.13. The monoisotopic (exact) mass is 506 g/mol. The first-order chi connectivity index (χ1) is 16.3. The summed E-state index contributed by atoms with van der Waals surface area (Å²) in [6.45, 7) is -0.876. The van der Waals surface area contributed by atoms with Gasteiger partial charge < -0.3 is 19.8 Å². The number of hydrogen-bond donors (Lipinski definition) is 3. The quantitative estimate of drug-likeness (QED) is 0.272. The highest BCUT2D eigenvalue weighted by molar-refractivity contribution is 7.92. The lowest BCUT2D eigenvalue weighted by Gasteiger charge is -2.09. The maximum absolute atomic E-state index is 13.0. The van der Waals surface area contributed by atoms with Crippen LogP contribution in [0.1, 0.15) is 18.4 Å². The second kappa shape index (κ2) is 10.0. The number of thiazole rings is 1. The van der Waals surface area contributed by atoms with Gasteiger partial charge in [0.05, 0.1) is 23.9 Å². The molecule has 180 valence electrons. The second-order valence-electron chi connectivity index (χ2n) is 7.49. The third-order valence-electron chi connectivity index (χ3n) is 4.93. The van der Waals surface area contributed by atoms with Crippen molar-refractivity contribution in [2.24, 2.45) is 5.16 Å². The molecule has 1 atom stereocenters. The van der Waals surface area contributed by atoms with E-state index in [1.54, 1.807) is 12.1 Å². The molecule has 0 aliphatic heterocycles. The van der Waals surface area contributed by atoms with Gasteiger partial charge in [0.1, 0.15) is 23.1 Å². The van der Waals surface area contributed by atoms with Crippen molar-refractivity contribution >= 4 is 48.3 Å². The molecular weight excluding hydrogens is 484 g/mol. The number of aromatic nitrogens is 2. The zero-order valence-electron chi connectivity index (χ0n) is 18.0. The molecule has 3 aromatic rings. The highest BCUT2D eigenvalue weighted by Crippen LogP contribution is 2.33. The van der Waals surface area contributed by atoms with Gasteiger partial charge in [0, 0.05) is 11.6 Å². The van der Waals surface area contributed by atoms with Crippen LogP contribution in [0.5, 0.6) is 5.88 Å². The molecule has 0 radical (unpaired) electrons. The third kappa shape index (κ3) is 5.33. The van der Waals surface area contributed by atoms with Crippen molar-refractivity contribution in [3.63, 3.8) is 0 Å². The number of carbonyl (C=O) groups is 1. The molecule has 34 heavy (non-hydrogen) atoms. The molecule has 0 unspecified atom stereocenters. The number of benzene rings is 1. The summed E-state index contributed by atoms with van der Waals surface area (Å²) in [5.41, 5.74) is 0.702. The molecule has 1 amide bonds. The molecule has 0 saturated heterocycles. The normalized spacial score (nSPS) is 15.2. The van der Waals surface area contributed by atoms with E-state index in [0.29, 0.717) is 34.6 Å². The van der Waals surface area contributed by atoms with E-state index in [-0.39, 0.29) is 27.6 Å². The van der Waals surface area contributed by atoms with Crippen LogP contribution in [0.4, 0.5) is 5.13 Å². The number of anilines is 1. The van der Waals surface area contributed by atoms with E-state index in [1.807, 2.05) is 0 Å². The van der Waals surface area contributed by atoms with Crippen LogP contribution < -0.4 is 10.1 Å². The molecule has 2 aromatic heterocycles. The van der Waals surface area contributed by atoms with Crippen molar-refractivity contribution in [1.82, 2.24) is 9.97 Å². The molecule has 0 spiro atoms. The van der Waals surface area contributed by atoms with E-state index >= 15 is 0 Å². The minimum atomic E-state index is -3.39. The average Bonchev–Trinajstić information content (AvgIpc) is 3.62. The van der Waals surface area contributed by atoms with E-state index in [0.717, 1.165) is 11.3 Å². The molecule has 2 heterocycles. The summed E-state index contributed by atoms with van der Waals surface area (Å²) < 4.78 is 30.0. The van der Waals surface area contributed by atoms with E-state index in [9.17, 15) is 18.3 Å². The highest BCUT2D eigenvalue weighted by atomic mass is 32.2. The number of fused-ring (bicyclic) bond motifs is 1. The topological polar surface area (TPSA) is 160 Å². The molecule has 1 fully saturated rings. The van der Waals surface area contributed by atoms with Gasteiger partial charge in [-0.3, -0.25) is 10.1 Å². The third-order valence-corrected chi connectivity index (χ3v) is 8.09. The number of oxime groups is 1. The molecule has 1 aliphatic rings.